The predicted octanol–water partition coefficient (Wildman–Crippen LogP) is 1.21. The Kier molecular flexibility index (Phi) is 5.35. The average molecular weight is 331 g/mol. The van der Waals surface area contributed by atoms with E-state index in [1.54, 1.807) is 18.2 Å². The Morgan fingerprint density at radius 2 is 1.75 bits per heavy atom. The summed E-state index contributed by atoms with van der Waals surface area (Å²) in [6.07, 6.45) is 3.89. The molecule has 0 bridgehead atoms. The van der Waals surface area contributed by atoms with Gasteiger partial charge in [0, 0.05) is 32.2 Å². The third-order valence-electron chi connectivity index (χ3n) is 4.89. The van der Waals surface area contributed by atoms with Gasteiger partial charge in [0.05, 0.1) is 12.1 Å². The van der Waals surface area contributed by atoms with E-state index in [0.717, 1.165) is 51.9 Å². The molecule has 2 fully saturated rings. The number of hydrogen-bond donors (Lipinski definition) is 2. The molecule has 0 atom stereocenters. The third kappa shape index (κ3) is 4.06. The van der Waals surface area contributed by atoms with Crippen molar-refractivity contribution in [1.29, 1.82) is 0 Å². The van der Waals surface area contributed by atoms with Crippen LogP contribution in [0.3, 0.4) is 0 Å². The number of rotatable bonds is 4. The first-order chi connectivity index (χ1) is 11.6. The molecular formula is C18H25N3O3. The van der Waals surface area contributed by atoms with E-state index in [0.29, 0.717) is 12.1 Å². The number of para-hydroxylation sites is 1. The Balaban J connectivity index is 1.44. The fourth-order valence-corrected chi connectivity index (χ4v) is 3.42. The molecule has 130 valence electrons. The number of benzene rings is 1. The van der Waals surface area contributed by atoms with Crippen molar-refractivity contribution in [1.82, 2.24) is 15.1 Å². The number of nitrogens with one attached hydrogen (secondary N) is 1. The Morgan fingerprint density at radius 3 is 2.42 bits per heavy atom. The lowest BCUT2D eigenvalue weighted by Crippen LogP contribution is -2.47. The summed E-state index contributed by atoms with van der Waals surface area (Å²) in [5.74, 6) is -0.00691. The van der Waals surface area contributed by atoms with Crippen molar-refractivity contribution in [2.45, 2.75) is 31.7 Å². The Labute approximate surface area is 142 Å². The molecule has 24 heavy (non-hydrogen) atoms. The molecule has 1 aromatic carbocycles. The molecule has 1 aromatic rings. The molecule has 2 aliphatic heterocycles. The first kappa shape index (κ1) is 16.8. The van der Waals surface area contributed by atoms with Gasteiger partial charge in [-0.05, 0) is 37.8 Å². The zero-order valence-electron chi connectivity index (χ0n) is 13.9. The number of hydrogen-bond acceptors (Lipinski definition) is 4. The Morgan fingerprint density at radius 1 is 1.08 bits per heavy atom. The second-order valence-corrected chi connectivity index (χ2v) is 6.63. The van der Waals surface area contributed by atoms with Crippen LogP contribution >= 0.6 is 0 Å². The topological polar surface area (TPSA) is 72.9 Å². The molecule has 0 spiro atoms. The normalized spacial score (nSPS) is 19.4. The maximum atomic E-state index is 12.2. The van der Waals surface area contributed by atoms with Crippen LogP contribution in [0.2, 0.25) is 0 Å². The van der Waals surface area contributed by atoms with E-state index in [1.807, 2.05) is 4.90 Å². The zero-order chi connectivity index (χ0) is 16.9. The Hall–Kier alpha value is -2.08. The summed E-state index contributed by atoms with van der Waals surface area (Å²) in [4.78, 5) is 28.5. The minimum Gasteiger partial charge on any atom is -0.507 e. The quantitative estimate of drug-likeness (QED) is 0.870. The fraction of sp³-hybridized carbons (Fsp3) is 0.556. The second-order valence-electron chi connectivity index (χ2n) is 6.63. The van der Waals surface area contributed by atoms with Crippen LogP contribution in [-0.4, -0.2) is 65.5 Å². The summed E-state index contributed by atoms with van der Waals surface area (Å²) in [5.41, 5.74) is 0.309. The number of likely N-dealkylation sites (tertiary alicyclic amines) is 2. The maximum absolute atomic E-state index is 12.2. The maximum Gasteiger partial charge on any atom is 0.255 e. The van der Waals surface area contributed by atoms with Crippen molar-refractivity contribution in [3.05, 3.63) is 29.8 Å². The van der Waals surface area contributed by atoms with Gasteiger partial charge < -0.3 is 15.3 Å². The SMILES string of the molecule is O=C(NC1CCN(CC(=O)N2CCCC2)CC1)c1ccccc1O. The molecule has 0 aromatic heterocycles. The minimum atomic E-state index is -0.236. The number of nitrogens with zero attached hydrogens (tertiary/aromatic N) is 2. The van der Waals surface area contributed by atoms with Gasteiger partial charge in [0.15, 0.2) is 0 Å². The number of piperidine rings is 1. The summed E-state index contributed by atoms with van der Waals surface area (Å²) < 4.78 is 0. The smallest absolute Gasteiger partial charge is 0.255 e. The van der Waals surface area contributed by atoms with Gasteiger partial charge >= 0.3 is 0 Å². The predicted molar refractivity (Wildman–Crippen MR) is 90.8 cm³/mol. The highest BCUT2D eigenvalue weighted by molar-refractivity contribution is 5.96. The standard InChI is InChI=1S/C18H25N3O3/c22-16-6-2-1-5-15(16)18(24)19-14-7-11-20(12-8-14)13-17(23)21-9-3-4-10-21/h1-2,5-6,14,22H,3-4,7-13H2,(H,19,24). The highest BCUT2D eigenvalue weighted by Crippen LogP contribution is 2.17. The van der Waals surface area contributed by atoms with Crippen molar-refractivity contribution in [2.24, 2.45) is 0 Å². The lowest BCUT2D eigenvalue weighted by molar-refractivity contribution is -0.131. The number of phenols is 1. The molecule has 0 unspecified atom stereocenters. The summed E-state index contributed by atoms with van der Waals surface area (Å²) in [7, 11) is 0. The van der Waals surface area contributed by atoms with Crippen molar-refractivity contribution >= 4 is 11.8 Å². The van der Waals surface area contributed by atoms with Crippen LogP contribution in [0.4, 0.5) is 0 Å². The summed E-state index contributed by atoms with van der Waals surface area (Å²) in [5, 5.41) is 12.7. The first-order valence-electron chi connectivity index (χ1n) is 8.72. The molecule has 6 nitrogen and oxygen atoms in total. The van der Waals surface area contributed by atoms with Gasteiger partial charge in [0.2, 0.25) is 5.91 Å². The van der Waals surface area contributed by atoms with E-state index in [4.69, 9.17) is 0 Å². The van der Waals surface area contributed by atoms with Crippen LogP contribution in [0.1, 0.15) is 36.0 Å². The van der Waals surface area contributed by atoms with Crippen molar-refractivity contribution < 1.29 is 14.7 Å². The van der Waals surface area contributed by atoms with Gasteiger partial charge in [-0.25, -0.2) is 0 Å². The zero-order valence-corrected chi connectivity index (χ0v) is 13.9. The lowest BCUT2D eigenvalue weighted by Gasteiger charge is -2.32. The van der Waals surface area contributed by atoms with E-state index in [1.165, 1.54) is 6.07 Å². The monoisotopic (exact) mass is 331 g/mol. The summed E-state index contributed by atoms with van der Waals surface area (Å²) in [6.45, 7) is 3.90. The van der Waals surface area contributed by atoms with Crippen LogP contribution in [0.5, 0.6) is 5.75 Å². The summed E-state index contributed by atoms with van der Waals surface area (Å²) in [6, 6.07) is 6.66. The number of carbonyl (C=O) groups is 2. The van der Waals surface area contributed by atoms with Crippen LogP contribution in [0.15, 0.2) is 24.3 Å². The van der Waals surface area contributed by atoms with Crippen LogP contribution in [0, 0.1) is 0 Å². The van der Waals surface area contributed by atoms with E-state index >= 15 is 0 Å². The van der Waals surface area contributed by atoms with Gasteiger partial charge in [0.25, 0.3) is 5.91 Å². The molecule has 3 rings (SSSR count). The van der Waals surface area contributed by atoms with Crippen molar-refractivity contribution in [3.63, 3.8) is 0 Å². The number of amides is 2. The molecule has 6 heteroatoms. The molecule has 2 amide bonds. The molecule has 2 heterocycles. The highest BCUT2D eigenvalue weighted by Gasteiger charge is 2.25. The molecule has 0 radical (unpaired) electrons. The second kappa shape index (κ2) is 7.66. The van der Waals surface area contributed by atoms with Crippen molar-refractivity contribution in [2.75, 3.05) is 32.7 Å². The molecule has 0 saturated carbocycles. The van der Waals surface area contributed by atoms with E-state index < -0.39 is 0 Å². The molecular weight excluding hydrogens is 306 g/mol. The molecule has 2 N–H and O–H groups in total. The minimum absolute atomic E-state index is 0.00338. The van der Waals surface area contributed by atoms with E-state index in [9.17, 15) is 14.7 Å². The van der Waals surface area contributed by atoms with Gasteiger partial charge in [-0.1, -0.05) is 12.1 Å². The first-order valence-corrected chi connectivity index (χ1v) is 8.72. The van der Waals surface area contributed by atoms with Gasteiger partial charge in [-0.2, -0.15) is 0 Å². The Bertz CT molecular complexity index is 591. The number of aromatic hydroxyl groups is 1. The largest absolute Gasteiger partial charge is 0.507 e. The van der Waals surface area contributed by atoms with Crippen LogP contribution in [0.25, 0.3) is 0 Å². The average Bonchev–Trinajstić information content (AvgIpc) is 3.11. The number of carbonyl (C=O) groups excluding carboxylic acids is 2. The fourth-order valence-electron chi connectivity index (χ4n) is 3.42. The van der Waals surface area contributed by atoms with E-state index in [-0.39, 0.29) is 23.6 Å². The van der Waals surface area contributed by atoms with Crippen molar-refractivity contribution in [3.8, 4) is 5.75 Å². The summed E-state index contributed by atoms with van der Waals surface area (Å²) >= 11 is 0. The highest BCUT2D eigenvalue weighted by atomic mass is 16.3. The van der Waals surface area contributed by atoms with Gasteiger partial charge in [0.1, 0.15) is 5.75 Å². The lowest BCUT2D eigenvalue weighted by atomic mass is 10.0. The van der Waals surface area contributed by atoms with Gasteiger partial charge in [-0.15, -0.1) is 0 Å². The molecule has 2 aliphatic rings. The molecule has 0 aliphatic carbocycles. The van der Waals surface area contributed by atoms with E-state index in [2.05, 4.69) is 10.2 Å². The number of phenolic OH excluding ortho intramolecular Hbond substituents is 1. The van der Waals surface area contributed by atoms with Crippen LogP contribution < -0.4 is 5.32 Å². The van der Waals surface area contributed by atoms with Gasteiger partial charge in [-0.3, -0.25) is 14.5 Å². The third-order valence-corrected chi connectivity index (χ3v) is 4.89. The van der Waals surface area contributed by atoms with Crippen LogP contribution in [-0.2, 0) is 4.79 Å². The molecule has 2 saturated heterocycles.